The van der Waals surface area contributed by atoms with E-state index in [2.05, 4.69) is 18.2 Å². The van der Waals surface area contributed by atoms with Crippen molar-refractivity contribution in [2.45, 2.75) is 51.1 Å². The van der Waals surface area contributed by atoms with E-state index in [9.17, 15) is 0 Å². The van der Waals surface area contributed by atoms with Crippen LogP contribution in [-0.2, 0) is 6.54 Å². The van der Waals surface area contributed by atoms with E-state index in [4.69, 9.17) is 16.3 Å². The van der Waals surface area contributed by atoms with Crippen LogP contribution in [0.25, 0.3) is 0 Å². The summed E-state index contributed by atoms with van der Waals surface area (Å²) in [6, 6.07) is 17.0. The van der Waals surface area contributed by atoms with E-state index in [1.165, 1.54) is 50.6 Å². The summed E-state index contributed by atoms with van der Waals surface area (Å²) in [5.74, 6) is 2.71. The maximum Gasteiger partial charge on any atom is 0.127 e. The quantitative estimate of drug-likeness (QED) is 0.825. The normalized spacial score (nSPS) is 26.0. The van der Waals surface area contributed by atoms with Crippen LogP contribution in [0.3, 0.4) is 0 Å². The second-order valence-corrected chi connectivity index (χ2v) is 8.02. The first-order valence-corrected chi connectivity index (χ1v) is 10.0. The number of quaternary nitrogens is 1. The minimum atomic E-state index is 0.733. The largest absolute Gasteiger partial charge is 0.457 e. The minimum Gasteiger partial charge on any atom is -0.457 e. The lowest BCUT2D eigenvalue weighted by Gasteiger charge is -2.41. The SMILES string of the molecule is Clc1ccc(Oc2cccc(C[NH+]3CCC[C@H]4CCCC[C@H]43)c2)cc1. The van der Waals surface area contributed by atoms with E-state index >= 15 is 0 Å². The summed E-state index contributed by atoms with van der Waals surface area (Å²) in [6.07, 6.45) is 8.57. The van der Waals surface area contributed by atoms with Crippen molar-refractivity contribution in [2.24, 2.45) is 5.92 Å². The molecule has 0 aromatic heterocycles. The van der Waals surface area contributed by atoms with Crippen LogP contribution in [0.1, 0.15) is 44.1 Å². The molecule has 1 unspecified atom stereocenters. The molecular formula is C22H27ClNO+. The molecule has 0 radical (unpaired) electrons. The third-order valence-electron chi connectivity index (χ3n) is 5.89. The fourth-order valence-electron chi connectivity index (χ4n) is 4.71. The zero-order valence-corrected chi connectivity index (χ0v) is 15.5. The molecule has 4 rings (SSSR count). The van der Waals surface area contributed by atoms with Gasteiger partial charge in [0.05, 0.1) is 12.6 Å². The van der Waals surface area contributed by atoms with Gasteiger partial charge >= 0.3 is 0 Å². The molecule has 3 atom stereocenters. The van der Waals surface area contributed by atoms with Gasteiger partial charge in [-0.2, -0.15) is 0 Å². The smallest absolute Gasteiger partial charge is 0.127 e. The number of halogens is 1. The Bertz CT molecular complexity index is 697. The van der Waals surface area contributed by atoms with E-state index in [1.54, 1.807) is 4.90 Å². The van der Waals surface area contributed by atoms with Crippen molar-refractivity contribution in [1.29, 1.82) is 0 Å². The monoisotopic (exact) mass is 356 g/mol. The lowest BCUT2D eigenvalue weighted by molar-refractivity contribution is -0.949. The van der Waals surface area contributed by atoms with Crippen molar-refractivity contribution < 1.29 is 9.64 Å². The van der Waals surface area contributed by atoms with Gasteiger partial charge in [-0.25, -0.2) is 0 Å². The molecule has 1 aliphatic carbocycles. The van der Waals surface area contributed by atoms with Crippen LogP contribution in [0.5, 0.6) is 11.5 Å². The van der Waals surface area contributed by atoms with Gasteiger partial charge in [0.25, 0.3) is 0 Å². The number of ether oxygens (including phenoxy) is 1. The van der Waals surface area contributed by atoms with Gasteiger partial charge in [-0.15, -0.1) is 0 Å². The molecule has 1 saturated carbocycles. The van der Waals surface area contributed by atoms with Crippen molar-refractivity contribution >= 4 is 11.6 Å². The third kappa shape index (κ3) is 4.19. The summed E-state index contributed by atoms with van der Waals surface area (Å²) in [7, 11) is 0. The molecule has 0 spiro atoms. The van der Waals surface area contributed by atoms with Gasteiger partial charge in [-0.3, -0.25) is 0 Å². The standard InChI is InChI=1S/C22H26ClNO/c23-19-10-12-20(13-11-19)25-21-8-3-5-17(15-21)16-24-14-4-7-18-6-1-2-9-22(18)24/h3,5,8,10-13,15,18,22H,1-2,4,6-7,9,14,16H2/p+1/t18-,22-/m1/s1. The molecule has 3 heteroatoms. The van der Waals surface area contributed by atoms with Crippen LogP contribution in [0.2, 0.25) is 5.02 Å². The first kappa shape index (κ1) is 16.9. The Labute approximate surface area is 155 Å². The van der Waals surface area contributed by atoms with Gasteiger partial charge in [0.1, 0.15) is 18.0 Å². The first-order valence-electron chi connectivity index (χ1n) is 9.65. The second-order valence-electron chi connectivity index (χ2n) is 7.58. The molecule has 2 aromatic carbocycles. The highest BCUT2D eigenvalue weighted by Gasteiger charge is 2.36. The molecule has 2 fully saturated rings. The Balaban J connectivity index is 1.44. The molecule has 1 saturated heterocycles. The van der Waals surface area contributed by atoms with Gasteiger partial charge in [0, 0.05) is 16.5 Å². The Hall–Kier alpha value is -1.51. The Kier molecular flexibility index (Phi) is 5.28. The summed E-state index contributed by atoms with van der Waals surface area (Å²) >= 11 is 5.95. The zero-order valence-electron chi connectivity index (χ0n) is 14.7. The van der Waals surface area contributed by atoms with E-state index in [0.29, 0.717) is 0 Å². The van der Waals surface area contributed by atoms with Crippen LogP contribution < -0.4 is 9.64 Å². The lowest BCUT2D eigenvalue weighted by Crippen LogP contribution is -3.16. The highest BCUT2D eigenvalue weighted by atomic mass is 35.5. The predicted octanol–water partition coefficient (Wildman–Crippen LogP) is 4.87. The van der Waals surface area contributed by atoms with E-state index in [1.807, 2.05) is 30.3 Å². The van der Waals surface area contributed by atoms with Crippen LogP contribution in [0, 0.1) is 5.92 Å². The maximum absolute atomic E-state index is 6.00. The highest BCUT2D eigenvalue weighted by molar-refractivity contribution is 6.30. The molecule has 0 bridgehead atoms. The molecular weight excluding hydrogens is 330 g/mol. The topological polar surface area (TPSA) is 13.7 Å². The summed E-state index contributed by atoms with van der Waals surface area (Å²) in [4.78, 5) is 1.79. The van der Waals surface area contributed by atoms with Crippen LogP contribution in [-0.4, -0.2) is 12.6 Å². The fourth-order valence-corrected chi connectivity index (χ4v) is 4.83. The van der Waals surface area contributed by atoms with Gasteiger partial charge < -0.3 is 9.64 Å². The Morgan fingerprint density at radius 2 is 1.72 bits per heavy atom. The molecule has 2 aromatic rings. The van der Waals surface area contributed by atoms with Gasteiger partial charge in [-0.05, 0) is 68.5 Å². The molecule has 2 aliphatic rings. The van der Waals surface area contributed by atoms with Crippen LogP contribution in [0.15, 0.2) is 48.5 Å². The zero-order chi connectivity index (χ0) is 17.1. The number of piperidine rings is 1. The number of nitrogens with one attached hydrogen (secondary N) is 1. The molecule has 25 heavy (non-hydrogen) atoms. The highest BCUT2D eigenvalue weighted by Crippen LogP contribution is 2.29. The molecule has 2 nitrogen and oxygen atoms in total. The Morgan fingerprint density at radius 1 is 0.920 bits per heavy atom. The summed E-state index contributed by atoms with van der Waals surface area (Å²) in [5.41, 5.74) is 1.38. The average molecular weight is 357 g/mol. The number of hydrogen-bond acceptors (Lipinski definition) is 1. The Morgan fingerprint density at radius 3 is 2.60 bits per heavy atom. The van der Waals surface area contributed by atoms with E-state index in [-0.39, 0.29) is 0 Å². The van der Waals surface area contributed by atoms with Gasteiger partial charge in [0.15, 0.2) is 0 Å². The minimum absolute atomic E-state index is 0.733. The number of likely N-dealkylation sites (tertiary alicyclic amines) is 1. The first-order chi connectivity index (χ1) is 12.3. The van der Waals surface area contributed by atoms with Gasteiger partial charge in [0.2, 0.25) is 0 Å². The average Bonchev–Trinajstić information content (AvgIpc) is 2.64. The van der Waals surface area contributed by atoms with Crippen molar-refractivity contribution in [2.75, 3.05) is 6.54 Å². The van der Waals surface area contributed by atoms with Crippen molar-refractivity contribution in [3.63, 3.8) is 0 Å². The lowest BCUT2D eigenvalue weighted by atomic mass is 9.78. The number of benzene rings is 2. The molecule has 1 heterocycles. The molecule has 132 valence electrons. The van der Waals surface area contributed by atoms with Crippen LogP contribution >= 0.6 is 11.6 Å². The van der Waals surface area contributed by atoms with Gasteiger partial charge in [-0.1, -0.05) is 30.2 Å². The summed E-state index contributed by atoms with van der Waals surface area (Å²) in [6.45, 7) is 2.45. The maximum atomic E-state index is 6.00. The molecule has 1 aliphatic heterocycles. The summed E-state index contributed by atoms with van der Waals surface area (Å²) in [5, 5.41) is 0.733. The van der Waals surface area contributed by atoms with Crippen molar-refractivity contribution in [3.8, 4) is 11.5 Å². The van der Waals surface area contributed by atoms with Crippen molar-refractivity contribution in [3.05, 3.63) is 59.1 Å². The summed E-state index contributed by atoms with van der Waals surface area (Å²) < 4.78 is 6.00. The number of rotatable bonds is 4. The number of hydrogen-bond donors (Lipinski definition) is 1. The molecule has 0 amide bonds. The second kappa shape index (κ2) is 7.80. The van der Waals surface area contributed by atoms with Crippen molar-refractivity contribution in [1.82, 2.24) is 0 Å². The third-order valence-corrected chi connectivity index (χ3v) is 6.14. The molecule has 1 N–H and O–H groups in total. The number of fused-ring (bicyclic) bond motifs is 1. The predicted molar refractivity (Wildman–Crippen MR) is 102 cm³/mol. The van der Waals surface area contributed by atoms with E-state index in [0.717, 1.165) is 35.0 Å². The van der Waals surface area contributed by atoms with E-state index < -0.39 is 0 Å². The van der Waals surface area contributed by atoms with Crippen LogP contribution in [0.4, 0.5) is 0 Å². The fraction of sp³-hybridized carbons (Fsp3) is 0.455.